The van der Waals surface area contributed by atoms with Crippen LogP contribution in [0.25, 0.3) is 0 Å². The van der Waals surface area contributed by atoms with E-state index in [-0.39, 0.29) is 5.56 Å². The SMILES string of the molecule is CCc1cc(SC)cc(C(=O)C(F)(F)F)c1. The molecule has 0 radical (unpaired) electrons. The normalized spacial score (nSPS) is 11.6. The van der Waals surface area contributed by atoms with E-state index in [0.29, 0.717) is 11.3 Å². The zero-order chi connectivity index (χ0) is 12.3. The molecule has 0 fully saturated rings. The van der Waals surface area contributed by atoms with Crippen molar-refractivity contribution in [1.29, 1.82) is 0 Å². The highest BCUT2D eigenvalue weighted by atomic mass is 32.2. The zero-order valence-electron chi connectivity index (χ0n) is 8.89. The molecule has 0 aliphatic heterocycles. The second kappa shape index (κ2) is 4.91. The van der Waals surface area contributed by atoms with Crippen molar-refractivity contribution in [2.24, 2.45) is 0 Å². The van der Waals surface area contributed by atoms with Crippen molar-refractivity contribution < 1.29 is 18.0 Å². The van der Waals surface area contributed by atoms with Gasteiger partial charge < -0.3 is 0 Å². The van der Waals surface area contributed by atoms with Crippen LogP contribution in [0.4, 0.5) is 13.2 Å². The van der Waals surface area contributed by atoms with Gasteiger partial charge in [-0.3, -0.25) is 4.79 Å². The van der Waals surface area contributed by atoms with Crippen molar-refractivity contribution in [3.05, 3.63) is 29.3 Å². The van der Waals surface area contributed by atoms with Crippen molar-refractivity contribution in [3.8, 4) is 0 Å². The second-order valence-electron chi connectivity index (χ2n) is 3.25. The highest BCUT2D eigenvalue weighted by Gasteiger charge is 2.39. The van der Waals surface area contributed by atoms with Crippen LogP contribution in [0, 0.1) is 0 Å². The number of alkyl halides is 3. The largest absolute Gasteiger partial charge is 0.454 e. The molecule has 0 atom stereocenters. The lowest BCUT2D eigenvalue weighted by atomic mass is 10.1. The summed E-state index contributed by atoms with van der Waals surface area (Å²) in [6.45, 7) is 1.83. The average molecular weight is 248 g/mol. The van der Waals surface area contributed by atoms with Crippen molar-refractivity contribution in [1.82, 2.24) is 0 Å². The summed E-state index contributed by atoms with van der Waals surface area (Å²) in [6.07, 6.45) is -2.44. The van der Waals surface area contributed by atoms with Crippen LogP contribution in [0.5, 0.6) is 0 Å². The first-order valence-electron chi connectivity index (χ1n) is 4.68. The van der Waals surface area contributed by atoms with Crippen molar-refractivity contribution in [2.75, 3.05) is 6.26 Å². The molecule has 1 aromatic carbocycles. The van der Waals surface area contributed by atoms with Crippen LogP contribution >= 0.6 is 11.8 Å². The van der Waals surface area contributed by atoms with Gasteiger partial charge in [-0.2, -0.15) is 13.2 Å². The van der Waals surface area contributed by atoms with Gasteiger partial charge in [0.25, 0.3) is 5.78 Å². The number of rotatable bonds is 3. The first-order valence-corrected chi connectivity index (χ1v) is 5.90. The van der Waals surface area contributed by atoms with Crippen LogP contribution in [0.3, 0.4) is 0 Å². The van der Waals surface area contributed by atoms with Crippen LogP contribution in [-0.2, 0) is 6.42 Å². The van der Waals surface area contributed by atoms with Gasteiger partial charge in [-0.05, 0) is 36.4 Å². The summed E-state index contributed by atoms with van der Waals surface area (Å²) in [6, 6.07) is 4.37. The zero-order valence-corrected chi connectivity index (χ0v) is 9.71. The number of Topliss-reactive ketones (excluding diaryl/α,β-unsaturated/α-hetero) is 1. The van der Waals surface area contributed by atoms with Gasteiger partial charge in [0.1, 0.15) is 0 Å². The van der Waals surface area contributed by atoms with E-state index in [1.54, 1.807) is 12.3 Å². The number of hydrogen-bond acceptors (Lipinski definition) is 2. The third kappa shape index (κ3) is 3.01. The summed E-state index contributed by atoms with van der Waals surface area (Å²) >= 11 is 1.32. The van der Waals surface area contributed by atoms with Crippen LogP contribution in [0.1, 0.15) is 22.8 Å². The smallest absolute Gasteiger partial charge is 0.284 e. The summed E-state index contributed by atoms with van der Waals surface area (Å²) in [5.74, 6) is -1.78. The summed E-state index contributed by atoms with van der Waals surface area (Å²) in [4.78, 5) is 11.7. The highest BCUT2D eigenvalue weighted by molar-refractivity contribution is 7.98. The summed E-state index contributed by atoms with van der Waals surface area (Å²) in [5.41, 5.74) is 0.454. The van der Waals surface area contributed by atoms with E-state index >= 15 is 0 Å². The molecule has 0 aliphatic carbocycles. The maximum Gasteiger partial charge on any atom is 0.454 e. The van der Waals surface area contributed by atoms with Crippen LogP contribution in [-0.4, -0.2) is 18.2 Å². The fourth-order valence-electron chi connectivity index (χ4n) is 1.28. The minimum atomic E-state index is -4.80. The third-order valence-corrected chi connectivity index (χ3v) is 2.84. The summed E-state index contributed by atoms with van der Waals surface area (Å²) < 4.78 is 36.7. The van der Waals surface area contributed by atoms with Crippen molar-refractivity contribution in [2.45, 2.75) is 24.4 Å². The van der Waals surface area contributed by atoms with Gasteiger partial charge in [0.15, 0.2) is 0 Å². The van der Waals surface area contributed by atoms with E-state index in [1.807, 2.05) is 6.92 Å². The molecule has 0 saturated carbocycles. The standard InChI is InChI=1S/C11H11F3OS/c1-3-7-4-8(6-9(5-7)16-2)10(15)11(12,13)14/h4-6H,3H2,1-2H3. The quantitative estimate of drug-likeness (QED) is 0.599. The van der Waals surface area contributed by atoms with E-state index < -0.39 is 12.0 Å². The molecule has 0 amide bonds. The highest BCUT2D eigenvalue weighted by Crippen LogP contribution is 2.25. The molecule has 0 bridgehead atoms. The number of halogens is 3. The molecule has 1 rings (SSSR count). The Hall–Kier alpha value is -0.970. The first kappa shape index (κ1) is 13.1. The maximum atomic E-state index is 12.2. The Morgan fingerprint density at radius 3 is 2.38 bits per heavy atom. The minimum Gasteiger partial charge on any atom is -0.284 e. The van der Waals surface area contributed by atoms with Gasteiger partial charge in [0, 0.05) is 10.5 Å². The number of carbonyl (C=O) groups is 1. The molecule has 1 nitrogen and oxygen atoms in total. The van der Waals surface area contributed by atoms with Gasteiger partial charge in [-0.25, -0.2) is 0 Å². The van der Waals surface area contributed by atoms with Gasteiger partial charge >= 0.3 is 6.18 Å². The number of thioether (sulfide) groups is 1. The van der Waals surface area contributed by atoms with Gasteiger partial charge in [0.05, 0.1) is 0 Å². The van der Waals surface area contributed by atoms with Gasteiger partial charge in [-0.15, -0.1) is 11.8 Å². The van der Waals surface area contributed by atoms with Crippen LogP contribution < -0.4 is 0 Å². The molecule has 88 valence electrons. The molecule has 0 saturated heterocycles. The Morgan fingerprint density at radius 1 is 1.31 bits per heavy atom. The number of carbonyl (C=O) groups excluding carboxylic acids is 1. The Bertz CT molecular complexity index is 376. The predicted octanol–water partition coefficient (Wildman–Crippen LogP) is 3.72. The van der Waals surface area contributed by atoms with E-state index in [2.05, 4.69) is 0 Å². The molecule has 0 aliphatic rings. The van der Waals surface area contributed by atoms with E-state index in [4.69, 9.17) is 0 Å². The fraction of sp³-hybridized carbons (Fsp3) is 0.364. The molecule has 16 heavy (non-hydrogen) atoms. The molecule has 0 N–H and O–H groups in total. The van der Waals surface area contributed by atoms with Crippen molar-refractivity contribution >= 4 is 17.5 Å². The third-order valence-electron chi connectivity index (χ3n) is 2.13. The van der Waals surface area contributed by atoms with Crippen molar-refractivity contribution in [3.63, 3.8) is 0 Å². The molecule has 0 heterocycles. The van der Waals surface area contributed by atoms with Gasteiger partial charge in [-0.1, -0.05) is 6.92 Å². The monoisotopic (exact) mass is 248 g/mol. The topological polar surface area (TPSA) is 17.1 Å². The first-order chi connectivity index (χ1) is 7.38. The Balaban J connectivity index is 3.18. The molecular weight excluding hydrogens is 237 g/mol. The maximum absolute atomic E-state index is 12.2. The minimum absolute atomic E-state index is 0.281. The number of hydrogen-bond donors (Lipinski definition) is 0. The van der Waals surface area contributed by atoms with E-state index in [1.165, 1.54) is 23.9 Å². The molecule has 0 spiro atoms. The lowest BCUT2D eigenvalue weighted by Gasteiger charge is -2.08. The second-order valence-corrected chi connectivity index (χ2v) is 4.13. The van der Waals surface area contributed by atoms with E-state index in [0.717, 1.165) is 5.56 Å². The number of aryl methyl sites for hydroxylation is 1. The predicted molar refractivity (Wildman–Crippen MR) is 58.0 cm³/mol. The Kier molecular flexibility index (Phi) is 4.02. The Morgan fingerprint density at radius 2 is 1.94 bits per heavy atom. The van der Waals surface area contributed by atoms with Crippen LogP contribution in [0.2, 0.25) is 0 Å². The Labute approximate surface area is 96.0 Å². The summed E-state index contributed by atoms with van der Waals surface area (Å²) in [5, 5.41) is 0. The van der Waals surface area contributed by atoms with E-state index in [9.17, 15) is 18.0 Å². The lowest BCUT2D eigenvalue weighted by Crippen LogP contribution is -2.22. The molecule has 0 aromatic heterocycles. The average Bonchev–Trinajstić information content (AvgIpc) is 2.26. The molecule has 5 heteroatoms. The summed E-state index contributed by atoms with van der Waals surface area (Å²) in [7, 11) is 0. The lowest BCUT2D eigenvalue weighted by molar-refractivity contribution is -0.0885. The molecular formula is C11H11F3OS. The number of ketones is 1. The molecule has 0 unspecified atom stereocenters. The fourth-order valence-corrected chi connectivity index (χ4v) is 1.79. The van der Waals surface area contributed by atoms with Crippen LogP contribution in [0.15, 0.2) is 23.1 Å². The van der Waals surface area contributed by atoms with Gasteiger partial charge in [0.2, 0.25) is 0 Å². The molecule has 1 aromatic rings. The number of benzene rings is 1.